The molecule has 0 saturated heterocycles. The third-order valence-corrected chi connectivity index (χ3v) is 3.97. The number of H-pyrrole nitrogens is 1. The van der Waals surface area contributed by atoms with Gasteiger partial charge < -0.3 is 9.72 Å². The summed E-state index contributed by atoms with van der Waals surface area (Å²) in [6.45, 7) is 0. The van der Waals surface area contributed by atoms with Crippen molar-refractivity contribution in [1.29, 1.82) is 0 Å². The third kappa shape index (κ3) is 1.57. The van der Waals surface area contributed by atoms with Gasteiger partial charge in [-0.05, 0) is 12.8 Å². The molecule has 1 aliphatic carbocycles. The number of aromatic nitrogens is 2. The monoisotopic (exact) mass is 235 g/mol. The van der Waals surface area contributed by atoms with Gasteiger partial charge in [0.15, 0.2) is 0 Å². The minimum absolute atomic E-state index is 0.105. The molecule has 0 amide bonds. The lowest BCUT2D eigenvalue weighted by atomic mass is 9.85. The van der Waals surface area contributed by atoms with Gasteiger partial charge in [0.25, 0.3) is 0 Å². The molecule has 1 spiro atoms. The van der Waals surface area contributed by atoms with E-state index >= 15 is 0 Å². The number of carbonyl (C=O) groups is 1. The van der Waals surface area contributed by atoms with Crippen LogP contribution < -0.4 is 5.32 Å². The van der Waals surface area contributed by atoms with Gasteiger partial charge in [0, 0.05) is 12.1 Å². The molecule has 1 aliphatic heterocycles. The molecule has 92 valence electrons. The number of hydrogen-bond donors (Lipinski definition) is 2. The maximum absolute atomic E-state index is 11.7. The molecule has 1 atom stereocenters. The number of nitrogens with zero attached hydrogens (tertiary/aromatic N) is 1. The topological polar surface area (TPSA) is 67.0 Å². The van der Waals surface area contributed by atoms with Crippen molar-refractivity contribution >= 4 is 5.97 Å². The van der Waals surface area contributed by atoms with Gasteiger partial charge in [0.2, 0.25) is 0 Å². The maximum Gasteiger partial charge on any atom is 0.323 e. The van der Waals surface area contributed by atoms with E-state index in [0.29, 0.717) is 6.42 Å². The summed E-state index contributed by atoms with van der Waals surface area (Å²) < 4.78 is 4.85. The first kappa shape index (κ1) is 10.8. The normalized spacial score (nSPS) is 25.8. The van der Waals surface area contributed by atoms with Gasteiger partial charge in [0.05, 0.1) is 24.7 Å². The third-order valence-electron chi connectivity index (χ3n) is 3.97. The average Bonchev–Trinajstić information content (AvgIpc) is 2.97. The molecule has 0 aromatic carbocycles. The Morgan fingerprint density at radius 2 is 2.29 bits per heavy atom. The molecule has 5 heteroatoms. The van der Waals surface area contributed by atoms with Crippen molar-refractivity contribution in [3.05, 3.63) is 17.7 Å². The van der Waals surface area contributed by atoms with Crippen molar-refractivity contribution in [3.63, 3.8) is 0 Å². The zero-order valence-corrected chi connectivity index (χ0v) is 9.95. The van der Waals surface area contributed by atoms with Crippen LogP contribution in [0.3, 0.4) is 0 Å². The van der Waals surface area contributed by atoms with Crippen molar-refractivity contribution in [3.8, 4) is 0 Å². The molecule has 0 radical (unpaired) electrons. The number of hydrogen-bond acceptors (Lipinski definition) is 4. The fraction of sp³-hybridized carbons (Fsp3) is 0.667. The molecule has 2 N–H and O–H groups in total. The van der Waals surface area contributed by atoms with E-state index in [9.17, 15) is 4.79 Å². The number of ether oxygens (including phenoxy) is 1. The molecule has 2 heterocycles. The summed E-state index contributed by atoms with van der Waals surface area (Å²) in [4.78, 5) is 19.3. The quantitative estimate of drug-likeness (QED) is 0.709. The van der Waals surface area contributed by atoms with E-state index in [1.165, 1.54) is 20.0 Å². The number of imidazole rings is 1. The largest absolute Gasteiger partial charge is 0.468 e. The highest BCUT2D eigenvalue weighted by Gasteiger charge is 2.45. The highest BCUT2D eigenvalue weighted by atomic mass is 16.5. The van der Waals surface area contributed by atoms with Crippen molar-refractivity contribution in [1.82, 2.24) is 15.3 Å². The van der Waals surface area contributed by atoms with Gasteiger partial charge in [-0.15, -0.1) is 0 Å². The van der Waals surface area contributed by atoms with Crippen molar-refractivity contribution < 1.29 is 9.53 Å². The first-order chi connectivity index (χ1) is 8.25. The van der Waals surface area contributed by atoms with Crippen LogP contribution in [0.5, 0.6) is 0 Å². The van der Waals surface area contributed by atoms with Crippen LogP contribution in [0, 0.1) is 0 Å². The zero-order chi connectivity index (χ0) is 11.9. The highest BCUT2D eigenvalue weighted by molar-refractivity contribution is 5.76. The van der Waals surface area contributed by atoms with Gasteiger partial charge in [-0.1, -0.05) is 12.8 Å². The lowest BCUT2D eigenvalue weighted by molar-refractivity contribution is -0.144. The number of carbonyl (C=O) groups excluding carboxylic acids is 1. The standard InChI is InChI=1S/C12H17N3O2/c1-17-11(16)9-6-8-10(14-7-13-8)12(15-9)4-2-3-5-12/h7,9,15H,2-6H2,1H3,(H,13,14)/t9-/m1/s1. The molecule has 17 heavy (non-hydrogen) atoms. The Bertz CT molecular complexity index is 435. The van der Waals surface area contributed by atoms with Crippen LogP contribution in [0.15, 0.2) is 6.33 Å². The smallest absolute Gasteiger partial charge is 0.323 e. The lowest BCUT2D eigenvalue weighted by Crippen LogP contribution is -2.54. The van der Waals surface area contributed by atoms with E-state index in [0.717, 1.165) is 24.2 Å². The van der Waals surface area contributed by atoms with Crippen LogP contribution in [0.4, 0.5) is 0 Å². The fourth-order valence-corrected chi connectivity index (χ4v) is 3.19. The van der Waals surface area contributed by atoms with Gasteiger partial charge >= 0.3 is 5.97 Å². The minimum atomic E-state index is -0.244. The van der Waals surface area contributed by atoms with E-state index in [1.54, 1.807) is 6.33 Å². The Labute approximate surface area is 100.0 Å². The second-order valence-corrected chi connectivity index (χ2v) is 4.94. The maximum atomic E-state index is 11.7. The Hall–Kier alpha value is -1.36. The molecule has 1 aromatic rings. The molecule has 5 nitrogen and oxygen atoms in total. The van der Waals surface area contributed by atoms with E-state index in [2.05, 4.69) is 15.3 Å². The Kier molecular flexibility index (Phi) is 2.43. The van der Waals surface area contributed by atoms with Crippen LogP contribution in [-0.2, 0) is 21.5 Å². The first-order valence-corrected chi connectivity index (χ1v) is 6.13. The van der Waals surface area contributed by atoms with Crippen molar-refractivity contribution in [2.24, 2.45) is 0 Å². The highest BCUT2D eigenvalue weighted by Crippen LogP contribution is 2.41. The Morgan fingerprint density at radius 1 is 1.53 bits per heavy atom. The second-order valence-electron chi connectivity index (χ2n) is 4.94. The summed E-state index contributed by atoms with van der Waals surface area (Å²) in [5.74, 6) is -0.184. The average molecular weight is 235 g/mol. The van der Waals surface area contributed by atoms with Gasteiger partial charge in [-0.3, -0.25) is 10.1 Å². The van der Waals surface area contributed by atoms with Crippen LogP contribution >= 0.6 is 0 Å². The summed E-state index contributed by atoms with van der Waals surface area (Å²) in [6, 6.07) is -0.244. The Balaban J connectivity index is 1.97. The van der Waals surface area contributed by atoms with E-state index in [4.69, 9.17) is 4.74 Å². The number of aromatic amines is 1. The van der Waals surface area contributed by atoms with Gasteiger partial charge in [-0.2, -0.15) is 0 Å². The minimum Gasteiger partial charge on any atom is -0.468 e. The number of fused-ring (bicyclic) bond motifs is 2. The van der Waals surface area contributed by atoms with Crippen molar-refractivity contribution in [2.45, 2.75) is 43.7 Å². The molecule has 1 aromatic heterocycles. The molecule has 2 aliphatic rings. The molecular formula is C12H17N3O2. The number of nitrogens with one attached hydrogen (secondary N) is 2. The fourth-order valence-electron chi connectivity index (χ4n) is 3.19. The Morgan fingerprint density at radius 3 is 3.00 bits per heavy atom. The summed E-state index contributed by atoms with van der Waals surface area (Å²) in [5, 5.41) is 3.46. The SMILES string of the molecule is COC(=O)[C@H]1Cc2[nH]cnc2C2(CCCC2)N1. The van der Waals surface area contributed by atoms with Crippen molar-refractivity contribution in [2.75, 3.05) is 7.11 Å². The first-order valence-electron chi connectivity index (χ1n) is 6.13. The number of esters is 1. The molecule has 1 fully saturated rings. The van der Waals surface area contributed by atoms with E-state index in [-0.39, 0.29) is 17.6 Å². The zero-order valence-electron chi connectivity index (χ0n) is 9.95. The van der Waals surface area contributed by atoms with Crippen LogP contribution in [0.25, 0.3) is 0 Å². The molecule has 0 unspecified atom stereocenters. The van der Waals surface area contributed by atoms with Crippen LogP contribution in [0.1, 0.15) is 37.1 Å². The van der Waals surface area contributed by atoms with Crippen LogP contribution in [-0.4, -0.2) is 29.1 Å². The molecular weight excluding hydrogens is 218 g/mol. The lowest BCUT2D eigenvalue weighted by Gasteiger charge is -2.37. The van der Waals surface area contributed by atoms with Gasteiger partial charge in [-0.25, -0.2) is 4.98 Å². The number of rotatable bonds is 1. The number of methoxy groups -OCH3 is 1. The summed E-state index contributed by atoms with van der Waals surface area (Å²) in [7, 11) is 1.44. The van der Waals surface area contributed by atoms with Gasteiger partial charge in [0.1, 0.15) is 6.04 Å². The predicted octanol–water partition coefficient (Wildman–Crippen LogP) is 0.866. The van der Waals surface area contributed by atoms with Crippen LogP contribution in [0.2, 0.25) is 0 Å². The predicted molar refractivity (Wildman–Crippen MR) is 61.4 cm³/mol. The van der Waals surface area contributed by atoms with E-state index in [1.807, 2.05) is 0 Å². The second kappa shape index (κ2) is 3.84. The summed E-state index contributed by atoms with van der Waals surface area (Å²) in [6.07, 6.45) is 6.85. The summed E-state index contributed by atoms with van der Waals surface area (Å²) >= 11 is 0. The molecule has 3 rings (SSSR count). The summed E-state index contributed by atoms with van der Waals surface area (Å²) in [5.41, 5.74) is 2.09. The van der Waals surface area contributed by atoms with E-state index < -0.39 is 0 Å². The molecule has 0 bridgehead atoms. The molecule has 1 saturated carbocycles.